The third kappa shape index (κ3) is 5.30. The number of anilines is 3. The van der Waals surface area contributed by atoms with Gasteiger partial charge in [0.25, 0.3) is 0 Å². The van der Waals surface area contributed by atoms with Crippen LogP contribution in [-0.4, -0.2) is 27.0 Å². The van der Waals surface area contributed by atoms with E-state index in [1.807, 2.05) is 19.9 Å². The Morgan fingerprint density at radius 3 is 2.74 bits per heavy atom. The number of nitrogens with zero attached hydrogens (tertiary/aromatic N) is 3. The first-order valence-corrected chi connectivity index (χ1v) is 10.3. The van der Waals surface area contributed by atoms with Gasteiger partial charge in [-0.3, -0.25) is 10.1 Å². The van der Waals surface area contributed by atoms with Gasteiger partial charge in [0.15, 0.2) is 4.34 Å². The third-order valence-corrected chi connectivity index (χ3v) is 5.85. The molecule has 1 aromatic carbocycles. The van der Waals surface area contributed by atoms with Gasteiger partial charge in [-0.15, -0.1) is 10.2 Å². The summed E-state index contributed by atoms with van der Waals surface area (Å²) in [6.45, 7) is 8.17. The fraction of sp³-hybridized carbons (Fsp3) is 0.333. The number of aromatic nitrogens is 3. The number of hydrogen-bond acceptors (Lipinski definition) is 8. The van der Waals surface area contributed by atoms with Crippen LogP contribution in [0.15, 0.2) is 33.1 Å². The largest absolute Gasteiger partial charge is 0.338 e. The van der Waals surface area contributed by atoms with E-state index in [2.05, 4.69) is 52.0 Å². The summed E-state index contributed by atoms with van der Waals surface area (Å²) >= 11 is 2.74. The Kier molecular flexibility index (Phi) is 6.12. The number of amides is 1. The maximum Gasteiger partial charge on any atom is 0.237 e. The molecule has 1 amide bonds. The van der Waals surface area contributed by atoms with Gasteiger partial charge in [-0.25, -0.2) is 0 Å². The van der Waals surface area contributed by atoms with Gasteiger partial charge < -0.3 is 9.84 Å². The van der Waals surface area contributed by atoms with E-state index >= 15 is 0 Å². The molecule has 27 heavy (non-hydrogen) atoms. The van der Waals surface area contributed by atoms with Crippen molar-refractivity contribution in [3.05, 3.63) is 41.1 Å². The lowest BCUT2D eigenvalue weighted by atomic mass is 10.1. The fourth-order valence-corrected chi connectivity index (χ4v) is 3.75. The normalized spacial score (nSPS) is 11.0. The second-order valence-electron chi connectivity index (χ2n) is 6.40. The summed E-state index contributed by atoms with van der Waals surface area (Å²) in [6, 6.07) is 7.88. The van der Waals surface area contributed by atoms with Crippen LogP contribution in [0.5, 0.6) is 0 Å². The highest BCUT2D eigenvalue weighted by Crippen LogP contribution is 2.28. The van der Waals surface area contributed by atoms with Crippen LogP contribution in [0.2, 0.25) is 0 Å². The molecule has 7 nitrogen and oxygen atoms in total. The molecule has 0 radical (unpaired) electrons. The predicted molar refractivity (Wildman–Crippen MR) is 109 cm³/mol. The second kappa shape index (κ2) is 8.53. The number of rotatable bonds is 7. The van der Waals surface area contributed by atoms with Gasteiger partial charge in [0.1, 0.15) is 0 Å². The molecule has 142 valence electrons. The molecule has 2 N–H and O–H groups in total. The number of thioether (sulfide) groups is 1. The Balaban J connectivity index is 1.51. The van der Waals surface area contributed by atoms with Crippen LogP contribution < -0.4 is 10.6 Å². The molecule has 2 heterocycles. The molecule has 0 aliphatic rings. The van der Waals surface area contributed by atoms with Crippen LogP contribution >= 0.6 is 23.1 Å². The molecule has 0 saturated heterocycles. The van der Waals surface area contributed by atoms with Gasteiger partial charge in [0, 0.05) is 11.8 Å². The van der Waals surface area contributed by atoms with Crippen molar-refractivity contribution in [2.45, 2.75) is 38.0 Å². The first kappa shape index (κ1) is 19.4. The second-order valence-corrected chi connectivity index (χ2v) is 8.60. The van der Waals surface area contributed by atoms with E-state index in [-0.39, 0.29) is 17.6 Å². The molecule has 0 atom stereocenters. The summed E-state index contributed by atoms with van der Waals surface area (Å²) in [7, 11) is 0. The predicted octanol–water partition coefficient (Wildman–Crippen LogP) is 4.74. The van der Waals surface area contributed by atoms with Gasteiger partial charge in [-0.2, -0.15) is 0 Å². The van der Waals surface area contributed by atoms with Crippen LogP contribution in [0.4, 0.5) is 16.7 Å². The maximum atomic E-state index is 12.1. The average molecular weight is 404 g/mol. The lowest BCUT2D eigenvalue weighted by molar-refractivity contribution is -0.113. The fourth-order valence-electron chi connectivity index (χ4n) is 2.18. The lowest BCUT2D eigenvalue weighted by Crippen LogP contribution is -2.13. The molecule has 0 spiro atoms. The van der Waals surface area contributed by atoms with Crippen molar-refractivity contribution in [2.24, 2.45) is 0 Å². The monoisotopic (exact) mass is 403 g/mol. The molecule has 0 fully saturated rings. The van der Waals surface area contributed by atoms with E-state index in [9.17, 15) is 4.79 Å². The van der Waals surface area contributed by atoms with Crippen LogP contribution in [0.25, 0.3) is 0 Å². The van der Waals surface area contributed by atoms with Gasteiger partial charge in [0.2, 0.25) is 16.9 Å². The first-order valence-electron chi connectivity index (χ1n) is 8.48. The quantitative estimate of drug-likeness (QED) is 0.550. The molecule has 3 rings (SSSR count). The summed E-state index contributed by atoms with van der Waals surface area (Å²) in [5, 5.41) is 18.8. The molecule has 0 saturated carbocycles. The number of hydrogen-bond donors (Lipinski definition) is 2. The van der Waals surface area contributed by atoms with Gasteiger partial charge in [0.05, 0.1) is 11.4 Å². The zero-order chi connectivity index (χ0) is 19.4. The van der Waals surface area contributed by atoms with E-state index in [1.54, 1.807) is 6.07 Å². The van der Waals surface area contributed by atoms with Crippen LogP contribution in [0.3, 0.4) is 0 Å². The molecular formula is C18H21N5O2S2. The SMILES string of the molecule is Cc1ccc(Nc2nnc(SCC(=O)Nc3cc(C(C)C)no3)s2)cc1C. The summed E-state index contributed by atoms with van der Waals surface area (Å²) in [5.74, 6) is 0.651. The van der Waals surface area contributed by atoms with Gasteiger partial charge in [-0.1, -0.05) is 48.2 Å². The molecule has 0 unspecified atom stereocenters. The molecule has 0 aliphatic carbocycles. The highest BCUT2D eigenvalue weighted by Gasteiger charge is 2.12. The van der Waals surface area contributed by atoms with Crippen molar-refractivity contribution in [2.75, 3.05) is 16.4 Å². The van der Waals surface area contributed by atoms with Crippen molar-refractivity contribution < 1.29 is 9.32 Å². The van der Waals surface area contributed by atoms with Crippen molar-refractivity contribution >= 4 is 45.7 Å². The van der Waals surface area contributed by atoms with E-state index in [0.717, 1.165) is 15.7 Å². The van der Waals surface area contributed by atoms with Crippen LogP contribution in [0.1, 0.15) is 36.6 Å². The zero-order valence-electron chi connectivity index (χ0n) is 15.6. The Labute approximate surface area is 165 Å². The minimum Gasteiger partial charge on any atom is -0.338 e. The minimum atomic E-state index is -0.176. The highest BCUT2D eigenvalue weighted by atomic mass is 32.2. The average Bonchev–Trinajstić information content (AvgIpc) is 3.26. The maximum absolute atomic E-state index is 12.1. The van der Waals surface area contributed by atoms with E-state index in [1.165, 1.54) is 34.2 Å². The van der Waals surface area contributed by atoms with Crippen molar-refractivity contribution in [3.63, 3.8) is 0 Å². The van der Waals surface area contributed by atoms with Crippen molar-refractivity contribution in [1.82, 2.24) is 15.4 Å². The minimum absolute atomic E-state index is 0.176. The van der Waals surface area contributed by atoms with Gasteiger partial charge in [-0.05, 0) is 43.0 Å². The van der Waals surface area contributed by atoms with Crippen molar-refractivity contribution in [3.8, 4) is 0 Å². The van der Waals surface area contributed by atoms with Gasteiger partial charge >= 0.3 is 0 Å². The smallest absolute Gasteiger partial charge is 0.237 e. The number of nitrogens with one attached hydrogen (secondary N) is 2. The summed E-state index contributed by atoms with van der Waals surface area (Å²) in [6.07, 6.45) is 0. The zero-order valence-corrected chi connectivity index (χ0v) is 17.2. The Bertz CT molecular complexity index is 935. The Hall–Kier alpha value is -2.39. The summed E-state index contributed by atoms with van der Waals surface area (Å²) in [5.41, 5.74) is 4.23. The Morgan fingerprint density at radius 1 is 1.22 bits per heavy atom. The molecule has 2 aromatic heterocycles. The molecule has 9 heteroatoms. The first-order chi connectivity index (χ1) is 12.9. The molecular weight excluding hydrogens is 382 g/mol. The van der Waals surface area contributed by atoms with Crippen molar-refractivity contribution in [1.29, 1.82) is 0 Å². The summed E-state index contributed by atoms with van der Waals surface area (Å²) < 4.78 is 5.83. The summed E-state index contributed by atoms with van der Waals surface area (Å²) in [4.78, 5) is 12.1. The lowest BCUT2D eigenvalue weighted by Gasteiger charge is -2.05. The van der Waals surface area contributed by atoms with E-state index in [4.69, 9.17) is 4.52 Å². The number of carbonyl (C=O) groups is 1. The molecule has 0 bridgehead atoms. The third-order valence-electron chi connectivity index (χ3n) is 3.87. The standard InChI is InChI=1S/C18H21N5O2S2/c1-10(2)14-8-16(25-23-14)20-15(24)9-26-18-22-21-17(27-18)19-13-6-5-11(3)12(4)7-13/h5-8,10H,9H2,1-4H3,(H,19,21)(H,20,24). The number of carbonyl (C=O) groups excluding carboxylic acids is 1. The number of aryl methyl sites for hydroxylation is 2. The van der Waals surface area contributed by atoms with Crippen LogP contribution in [0, 0.1) is 13.8 Å². The van der Waals surface area contributed by atoms with E-state index in [0.29, 0.717) is 11.0 Å². The topological polar surface area (TPSA) is 92.9 Å². The molecule has 3 aromatic rings. The highest BCUT2D eigenvalue weighted by molar-refractivity contribution is 8.01. The van der Waals surface area contributed by atoms with E-state index < -0.39 is 0 Å². The number of benzene rings is 1. The van der Waals surface area contributed by atoms with Crippen LogP contribution in [-0.2, 0) is 4.79 Å². The Morgan fingerprint density at radius 2 is 2.04 bits per heavy atom. The molecule has 0 aliphatic heterocycles.